The third-order valence-electron chi connectivity index (χ3n) is 1.43. The molecule has 0 aliphatic carbocycles. The van der Waals surface area contributed by atoms with E-state index >= 15 is 0 Å². The van der Waals surface area contributed by atoms with Crippen molar-refractivity contribution >= 4 is 11.6 Å². The van der Waals surface area contributed by atoms with Gasteiger partial charge in [-0.3, -0.25) is 14.9 Å². The van der Waals surface area contributed by atoms with E-state index < -0.39 is 23.2 Å². The van der Waals surface area contributed by atoms with Gasteiger partial charge in [0.05, 0.1) is 0 Å². The molecule has 0 rings (SSSR count). The number of carbonyl (C=O) groups is 2. The van der Waals surface area contributed by atoms with Crippen LogP contribution in [0.3, 0.4) is 0 Å². The van der Waals surface area contributed by atoms with Crippen molar-refractivity contribution in [1.82, 2.24) is 0 Å². The van der Waals surface area contributed by atoms with Crippen molar-refractivity contribution in [3.63, 3.8) is 0 Å². The molecule has 0 aromatic carbocycles. The Hall–Kier alpha value is -1.26. The van der Waals surface area contributed by atoms with Gasteiger partial charge in [-0.2, -0.15) is 0 Å². The third kappa shape index (κ3) is 4.54. The molecule has 0 aromatic rings. The fourth-order valence-corrected chi connectivity index (χ4v) is 0.828. The molecule has 12 heavy (non-hydrogen) atoms. The van der Waals surface area contributed by atoms with Crippen LogP contribution < -0.4 is 0 Å². The van der Waals surface area contributed by atoms with Gasteiger partial charge in [-0.05, 0) is 6.92 Å². The van der Waals surface area contributed by atoms with E-state index in [2.05, 4.69) is 0 Å². The molecule has 68 valence electrons. The molecule has 0 amide bonds. The molecule has 0 fully saturated rings. The second-order valence-electron chi connectivity index (χ2n) is 2.76. The highest BCUT2D eigenvalue weighted by atomic mass is 16.6. The highest BCUT2D eigenvalue weighted by molar-refractivity contribution is 5.87. The molecule has 1 unspecified atom stereocenters. The molecule has 0 N–H and O–H groups in total. The Morgan fingerprint density at radius 3 is 2.33 bits per heavy atom. The summed E-state index contributed by atoms with van der Waals surface area (Å²) in [7, 11) is 0. The van der Waals surface area contributed by atoms with Gasteiger partial charge in [-0.15, -0.1) is 0 Å². The maximum Gasteiger partial charge on any atom is 0.261 e. The summed E-state index contributed by atoms with van der Waals surface area (Å²) in [4.78, 5) is 30.6. The number of nitro groups is 1. The minimum absolute atomic E-state index is 0.0900. The summed E-state index contributed by atoms with van der Waals surface area (Å²) in [6.07, 6.45) is 0.0900. The Morgan fingerprint density at radius 1 is 1.50 bits per heavy atom. The number of hydrogen-bond donors (Lipinski definition) is 0. The maximum atomic E-state index is 10.9. The van der Waals surface area contributed by atoms with E-state index in [4.69, 9.17) is 0 Å². The first-order chi connectivity index (χ1) is 5.43. The van der Waals surface area contributed by atoms with Crippen LogP contribution in [0.25, 0.3) is 0 Å². The van der Waals surface area contributed by atoms with Crippen molar-refractivity contribution in [2.24, 2.45) is 5.92 Å². The van der Waals surface area contributed by atoms with Crippen molar-refractivity contribution in [3.05, 3.63) is 10.1 Å². The Morgan fingerprint density at radius 2 is 2.00 bits per heavy atom. The molecule has 0 aliphatic heterocycles. The zero-order valence-corrected chi connectivity index (χ0v) is 7.07. The summed E-state index contributed by atoms with van der Waals surface area (Å²) < 4.78 is 0. The van der Waals surface area contributed by atoms with Gasteiger partial charge in [-0.1, -0.05) is 6.92 Å². The summed E-state index contributed by atoms with van der Waals surface area (Å²) in [5, 5.41) is 9.90. The van der Waals surface area contributed by atoms with Crippen LogP contribution in [0.4, 0.5) is 0 Å². The number of ketones is 2. The van der Waals surface area contributed by atoms with Gasteiger partial charge in [0.25, 0.3) is 6.54 Å². The van der Waals surface area contributed by atoms with Gasteiger partial charge in [0.15, 0.2) is 0 Å². The highest BCUT2D eigenvalue weighted by Crippen LogP contribution is 2.03. The summed E-state index contributed by atoms with van der Waals surface area (Å²) in [5.74, 6) is -1.15. The van der Waals surface area contributed by atoms with Crippen LogP contribution in [0.5, 0.6) is 0 Å². The molecule has 0 radical (unpaired) electrons. The van der Waals surface area contributed by atoms with Crippen molar-refractivity contribution in [1.29, 1.82) is 0 Å². The standard InChI is InChI=1S/C7H11NO4/c1-5(3-6(2)9)7(10)4-8(11)12/h5H,3-4H2,1-2H3. The second kappa shape index (κ2) is 4.58. The van der Waals surface area contributed by atoms with Crippen molar-refractivity contribution in [2.45, 2.75) is 20.3 Å². The Labute approximate surface area is 69.9 Å². The van der Waals surface area contributed by atoms with Crippen LogP contribution in [0.15, 0.2) is 0 Å². The smallest absolute Gasteiger partial charge is 0.261 e. The van der Waals surface area contributed by atoms with E-state index in [9.17, 15) is 19.7 Å². The minimum atomic E-state index is -0.686. The Balaban J connectivity index is 3.93. The summed E-state index contributed by atoms with van der Waals surface area (Å²) in [5.41, 5.74) is 0. The van der Waals surface area contributed by atoms with Crippen LogP contribution >= 0.6 is 0 Å². The van der Waals surface area contributed by atoms with E-state index in [1.807, 2.05) is 0 Å². The quantitative estimate of drug-likeness (QED) is 0.446. The Kier molecular flexibility index (Phi) is 4.10. The topological polar surface area (TPSA) is 77.3 Å². The molecular formula is C7H11NO4. The first kappa shape index (κ1) is 10.7. The molecule has 0 bridgehead atoms. The first-order valence-corrected chi connectivity index (χ1v) is 3.57. The molecule has 0 saturated heterocycles. The van der Waals surface area contributed by atoms with Crippen LogP contribution in [0, 0.1) is 16.0 Å². The molecule has 0 spiro atoms. The lowest BCUT2D eigenvalue weighted by Crippen LogP contribution is -2.22. The summed E-state index contributed by atoms with van der Waals surface area (Å²) in [6, 6.07) is 0. The van der Waals surface area contributed by atoms with Crippen LogP contribution in [0.1, 0.15) is 20.3 Å². The van der Waals surface area contributed by atoms with Crippen molar-refractivity contribution in [2.75, 3.05) is 6.54 Å². The van der Waals surface area contributed by atoms with Crippen LogP contribution in [-0.2, 0) is 9.59 Å². The fourth-order valence-electron chi connectivity index (χ4n) is 0.828. The van der Waals surface area contributed by atoms with Gasteiger partial charge in [0.2, 0.25) is 5.78 Å². The molecular weight excluding hydrogens is 162 g/mol. The lowest BCUT2D eigenvalue weighted by atomic mass is 10.0. The lowest BCUT2D eigenvalue weighted by Gasteiger charge is -2.03. The monoisotopic (exact) mass is 173 g/mol. The van der Waals surface area contributed by atoms with Gasteiger partial charge in [0.1, 0.15) is 5.78 Å². The SMILES string of the molecule is CC(=O)CC(C)C(=O)C[N+](=O)[O-]. The van der Waals surface area contributed by atoms with Crippen molar-refractivity contribution in [3.8, 4) is 0 Å². The lowest BCUT2D eigenvalue weighted by molar-refractivity contribution is -0.467. The first-order valence-electron chi connectivity index (χ1n) is 3.57. The average molecular weight is 173 g/mol. The average Bonchev–Trinajstić information content (AvgIpc) is 1.84. The third-order valence-corrected chi connectivity index (χ3v) is 1.43. The zero-order chi connectivity index (χ0) is 9.72. The number of Topliss-reactive ketones (excluding diaryl/α,β-unsaturated/α-hetero) is 2. The van der Waals surface area contributed by atoms with E-state index in [0.29, 0.717) is 0 Å². The zero-order valence-electron chi connectivity index (χ0n) is 7.07. The molecule has 0 aliphatic rings. The molecule has 1 atom stereocenters. The van der Waals surface area contributed by atoms with Gasteiger partial charge in [-0.25, -0.2) is 0 Å². The van der Waals surface area contributed by atoms with Gasteiger partial charge < -0.3 is 4.79 Å². The normalized spacial score (nSPS) is 12.2. The molecule has 0 aromatic heterocycles. The van der Waals surface area contributed by atoms with E-state index in [0.717, 1.165) is 0 Å². The van der Waals surface area contributed by atoms with Crippen LogP contribution in [0.2, 0.25) is 0 Å². The number of nitrogens with zero attached hydrogens (tertiary/aromatic N) is 1. The number of carbonyl (C=O) groups excluding carboxylic acids is 2. The Bertz CT molecular complexity index is 211. The largest absolute Gasteiger partial charge is 0.300 e. The molecule has 0 heterocycles. The minimum Gasteiger partial charge on any atom is -0.300 e. The molecule has 5 nitrogen and oxygen atoms in total. The van der Waals surface area contributed by atoms with Gasteiger partial charge in [0, 0.05) is 17.3 Å². The van der Waals surface area contributed by atoms with E-state index in [1.165, 1.54) is 13.8 Å². The highest BCUT2D eigenvalue weighted by Gasteiger charge is 2.19. The van der Waals surface area contributed by atoms with E-state index in [-0.39, 0.29) is 12.2 Å². The second-order valence-corrected chi connectivity index (χ2v) is 2.76. The number of rotatable bonds is 5. The van der Waals surface area contributed by atoms with Gasteiger partial charge >= 0.3 is 0 Å². The molecule has 0 saturated carbocycles. The molecule has 5 heteroatoms. The van der Waals surface area contributed by atoms with Crippen molar-refractivity contribution < 1.29 is 14.5 Å². The van der Waals surface area contributed by atoms with E-state index in [1.54, 1.807) is 0 Å². The maximum absolute atomic E-state index is 10.9. The summed E-state index contributed by atoms with van der Waals surface area (Å²) in [6.45, 7) is 2.19. The van der Waals surface area contributed by atoms with Crippen LogP contribution in [-0.4, -0.2) is 23.0 Å². The fraction of sp³-hybridized carbons (Fsp3) is 0.714. The predicted molar refractivity (Wildman–Crippen MR) is 41.3 cm³/mol. The summed E-state index contributed by atoms with van der Waals surface area (Å²) >= 11 is 0. The number of hydrogen-bond acceptors (Lipinski definition) is 4. The predicted octanol–water partition coefficient (Wildman–Crippen LogP) is 0.447.